The third-order valence-electron chi connectivity index (χ3n) is 2.59. The smallest absolute Gasteiger partial charge is 0.412 e. The third kappa shape index (κ3) is 4.20. The number of aromatic nitrogens is 3. The summed E-state index contributed by atoms with van der Waals surface area (Å²) in [5.41, 5.74) is 0.601. The Morgan fingerprint density at radius 3 is 2.82 bits per heavy atom. The van der Waals surface area contributed by atoms with Gasteiger partial charge in [-0.15, -0.1) is 5.10 Å². The van der Waals surface area contributed by atoms with E-state index in [2.05, 4.69) is 25.6 Å². The van der Waals surface area contributed by atoms with Gasteiger partial charge in [-0.2, -0.15) is 9.90 Å². The quantitative estimate of drug-likeness (QED) is 0.856. The van der Waals surface area contributed by atoms with Gasteiger partial charge in [0.05, 0.1) is 20.4 Å². The maximum absolute atomic E-state index is 11.9. The van der Waals surface area contributed by atoms with Crippen LogP contribution in [0.4, 0.5) is 16.3 Å². The van der Waals surface area contributed by atoms with Gasteiger partial charge in [0.1, 0.15) is 12.3 Å². The molecule has 2 rings (SSSR count). The molecule has 9 heteroatoms. The average Bonchev–Trinajstić information content (AvgIpc) is 2.94. The predicted molar refractivity (Wildman–Crippen MR) is 77.7 cm³/mol. The van der Waals surface area contributed by atoms with Crippen molar-refractivity contribution in [2.75, 3.05) is 24.9 Å². The van der Waals surface area contributed by atoms with Gasteiger partial charge in [0.25, 0.3) is 0 Å². The fourth-order valence-corrected chi connectivity index (χ4v) is 1.62. The molecule has 1 aromatic carbocycles. The SMILES string of the molecule is COC(=O)Nc1cnn(CC(=O)Nc2cccc(OC)c2)n1. The van der Waals surface area contributed by atoms with Crippen molar-refractivity contribution in [3.63, 3.8) is 0 Å². The van der Waals surface area contributed by atoms with E-state index in [1.165, 1.54) is 13.3 Å². The lowest BCUT2D eigenvalue weighted by molar-refractivity contribution is -0.117. The molecule has 9 nitrogen and oxygen atoms in total. The van der Waals surface area contributed by atoms with Crippen LogP contribution in [0.15, 0.2) is 30.5 Å². The minimum Gasteiger partial charge on any atom is -0.497 e. The predicted octanol–water partition coefficient (Wildman–Crippen LogP) is 1.10. The summed E-state index contributed by atoms with van der Waals surface area (Å²) in [7, 11) is 2.78. The normalized spacial score (nSPS) is 9.91. The van der Waals surface area contributed by atoms with E-state index in [0.29, 0.717) is 11.4 Å². The molecule has 0 bridgehead atoms. The second-order valence-electron chi connectivity index (χ2n) is 4.16. The second-order valence-corrected chi connectivity index (χ2v) is 4.16. The first-order valence-corrected chi connectivity index (χ1v) is 6.29. The zero-order valence-electron chi connectivity index (χ0n) is 12.1. The first-order valence-electron chi connectivity index (χ1n) is 6.29. The van der Waals surface area contributed by atoms with Crippen LogP contribution in [-0.2, 0) is 16.1 Å². The van der Waals surface area contributed by atoms with E-state index in [-0.39, 0.29) is 18.3 Å². The molecule has 1 heterocycles. The lowest BCUT2D eigenvalue weighted by Crippen LogP contribution is -2.20. The van der Waals surface area contributed by atoms with Crippen LogP contribution < -0.4 is 15.4 Å². The summed E-state index contributed by atoms with van der Waals surface area (Å²) in [6.45, 7) is -0.0972. The number of carbonyl (C=O) groups is 2. The van der Waals surface area contributed by atoms with Crippen LogP contribution in [-0.4, -0.2) is 41.2 Å². The minimum absolute atomic E-state index is 0.0972. The Kier molecular flexibility index (Phi) is 4.91. The van der Waals surface area contributed by atoms with Crippen molar-refractivity contribution in [2.24, 2.45) is 0 Å². The minimum atomic E-state index is -0.659. The van der Waals surface area contributed by atoms with Crippen molar-refractivity contribution in [2.45, 2.75) is 6.54 Å². The van der Waals surface area contributed by atoms with Crippen LogP contribution in [0.2, 0.25) is 0 Å². The largest absolute Gasteiger partial charge is 0.497 e. The van der Waals surface area contributed by atoms with Crippen LogP contribution in [0.1, 0.15) is 0 Å². The molecule has 0 saturated heterocycles. The number of methoxy groups -OCH3 is 2. The van der Waals surface area contributed by atoms with Gasteiger partial charge in [0.15, 0.2) is 5.82 Å². The van der Waals surface area contributed by atoms with Crippen LogP contribution in [0.3, 0.4) is 0 Å². The summed E-state index contributed by atoms with van der Waals surface area (Å²) in [6.07, 6.45) is 0.656. The maximum atomic E-state index is 11.9. The molecule has 116 valence electrons. The molecular weight excluding hydrogens is 290 g/mol. The van der Waals surface area contributed by atoms with Crippen molar-refractivity contribution in [3.8, 4) is 5.75 Å². The molecule has 0 aliphatic rings. The molecule has 0 saturated carbocycles. The fraction of sp³-hybridized carbons (Fsp3) is 0.231. The van der Waals surface area contributed by atoms with E-state index in [0.717, 1.165) is 4.80 Å². The number of nitrogens with one attached hydrogen (secondary N) is 2. The Labute approximate surface area is 126 Å². The van der Waals surface area contributed by atoms with Gasteiger partial charge >= 0.3 is 6.09 Å². The van der Waals surface area contributed by atoms with E-state index in [1.807, 2.05) is 0 Å². The summed E-state index contributed by atoms with van der Waals surface area (Å²) >= 11 is 0. The second kappa shape index (κ2) is 7.07. The maximum Gasteiger partial charge on any atom is 0.412 e. The molecule has 0 radical (unpaired) electrons. The lowest BCUT2D eigenvalue weighted by Gasteiger charge is -2.06. The van der Waals surface area contributed by atoms with E-state index in [9.17, 15) is 9.59 Å². The Hall–Kier alpha value is -3.10. The van der Waals surface area contributed by atoms with Crippen LogP contribution in [0, 0.1) is 0 Å². The highest BCUT2D eigenvalue weighted by Crippen LogP contribution is 2.16. The Morgan fingerprint density at radius 1 is 1.27 bits per heavy atom. The number of anilines is 2. The van der Waals surface area contributed by atoms with E-state index < -0.39 is 6.09 Å². The summed E-state index contributed by atoms with van der Waals surface area (Å²) in [6, 6.07) is 6.97. The summed E-state index contributed by atoms with van der Waals surface area (Å²) in [5.74, 6) is 0.522. The van der Waals surface area contributed by atoms with Crippen LogP contribution >= 0.6 is 0 Å². The van der Waals surface area contributed by atoms with Gasteiger partial charge in [-0.1, -0.05) is 6.07 Å². The van der Waals surface area contributed by atoms with Crippen LogP contribution in [0.5, 0.6) is 5.75 Å². The monoisotopic (exact) mass is 305 g/mol. The number of rotatable bonds is 5. The molecule has 2 amide bonds. The highest BCUT2D eigenvalue weighted by molar-refractivity contribution is 5.90. The van der Waals surface area contributed by atoms with Crippen molar-refractivity contribution in [1.82, 2.24) is 15.0 Å². The average molecular weight is 305 g/mol. The van der Waals surface area contributed by atoms with E-state index in [4.69, 9.17) is 4.74 Å². The van der Waals surface area contributed by atoms with Crippen molar-refractivity contribution < 1.29 is 19.1 Å². The number of nitrogens with zero attached hydrogens (tertiary/aromatic N) is 3. The zero-order valence-corrected chi connectivity index (χ0v) is 12.1. The van der Waals surface area contributed by atoms with Gasteiger partial charge in [-0.25, -0.2) is 4.79 Å². The summed E-state index contributed by atoms with van der Waals surface area (Å²) in [5, 5.41) is 12.8. The summed E-state index contributed by atoms with van der Waals surface area (Å²) in [4.78, 5) is 24.1. The number of benzene rings is 1. The molecule has 2 aromatic rings. The highest BCUT2D eigenvalue weighted by atomic mass is 16.5. The molecule has 22 heavy (non-hydrogen) atoms. The Morgan fingerprint density at radius 2 is 2.09 bits per heavy atom. The third-order valence-corrected chi connectivity index (χ3v) is 2.59. The van der Waals surface area contributed by atoms with Gasteiger partial charge in [0.2, 0.25) is 5.91 Å². The van der Waals surface area contributed by atoms with Gasteiger partial charge in [-0.05, 0) is 12.1 Å². The molecular formula is C13H15N5O4. The van der Waals surface area contributed by atoms with Gasteiger partial charge < -0.3 is 14.8 Å². The fourth-order valence-electron chi connectivity index (χ4n) is 1.62. The molecule has 0 spiro atoms. The molecule has 1 aromatic heterocycles. The molecule has 0 aliphatic heterocycles. The van der Waals surface area contributed by atoms with E-state index in [1.54, 1.807) is 31.4 Å². The molecule has 0 aliphatic carbocycles. The number of carbonyl (C=O) groups excluding carboxylic acids is 2. The lowest BCUT2D eigenvalue weighted by atomic mass is 10.3. The van der Waals surface area contributed by atoms with Crippen LogP contribution in [0.25, 0.3) is 0 Å². The van der Waals surface area contributed by atoms with E-state index >= 15 is 0 Å². The molecule has 0 atom stereocenters. The standard InChI is InChI=1S/C13H15N5O4/c1-21-10-5-3-4-9(6-10)15-12(19)8-18-14-7-11(17-18)16-13(20)22-2/h3-7H,8H2,1-2H3,(H,15,19)(H,16,17,20). The first-order chi connectivity index (χ1) is 10.6. The molecule has 0 unspecified atom stereocenters. The van der Waals surface area contributed by atoms with Gasteiger partial charge in [0, 0.05) is 11.8 Å². The number of hydrogen-bond donors (Lipinski definition) is 2. The Balaban J connectivity index is 1.93. The molecule has 0 fully saturated rings. The number of amides is 2. The zero-order chi connectivity index (χ0) is 15.9. The van der Waals surface area contributed by atoms with Gasteiger partial charge in [-0.3, -0.25) is 10.1 Å². The van der Waals surface area contributed by atoms with Crippen molar-refractivity contribution in [3.05, 3.63) is 30.5 Å². The number of hydrogen-bond acceptors (Lipinski definition) is 6. The first kappa shape index (κ1) is 15.3. The number of ether oxygens (including phenoxy) is 2. The van der Waals surface area contributed by atoms with Crippen molar-refractivity contribution in [1.29, 1.82) is 0 Å². The topological polar surface area (TPSA) is 107 Å². The highest BCUT2D eigenvalue weighted by Gasteiger charge is 2.09. The summed E-state index contributed by atoms with van der Waals surface area (Å²) < 4.78 is 9.50. The molecule has 2 N–H and O–H groups in total. The van der Waals surface area contributed by atoms with Crippen molar-refractivity contribution >= 4 is 23.5 Å². The Bertz CT molecular complexity index is 670.